The summed E-state index contributed by atoms with van der Waals surface area (Å²) in [6.07, 6.45) is 5.42. The van der Waals surface area contributed by atoms with Crippen LogP contribution >= 0.6 is 11.9 Å². The Morgan fingerprint density at radius 2 is 2.29 bits per heavy atom. The van der Waals surface area contributed by atoms with Gasteiger partial charge in [-0.1, -0.05) is 12.7 Å². The molecule has 1 heterocycles. The number of anilines is 1. The number of H-pyrrole nitrogens is 1. The predicted molar refractivity (Wildman–Crippen MR) is 93.0 cm³/mol. The SMILES string of the molecule is C=C/C=C(/F)C=NCc1cc(SNc2ccc(C#N)cc2F)c[nH]1. The quantitative estimate of drug-likeness (QED) is 0.433. The third-order valence-corrected chi connectivity index (χ3v) is 3.64. The summed E-state index contributed by atoms with van der Waals surface area (Å²) in [7, 11) is 0. The fraction of sp³-hybridized carbons (Fsp3) is 0.0588. The molecule has 0 bridgehead atoms. The number of aliphatic imine (C=N–C) groups is 1. The van der Waals surface area contributed by atoms with Crippen LogP contribution in [0.5, 0.6) is 0 Å². The van der Waals surface area contributed by atoms with Gasteiger partial charge in [-0.3, -0.25) is 4.99 Å². The van der Waals surface area contributed by atoms with Crippen LogP contribution in [0, 0.1) is 17.1 Å². The Labute approximate surface area is 142 Å². The molecular weight excluding hydrogens is 330 g/mol. The van der Waals surface area contributed by atoms with E-state index in [-0.39, 0.29) is 11.3 Å². The van der Waals surface area contributed by atoms with Gasteiger partial charge in [0, 0.05) is 16.8 Å². The minimum absolute atomic E-state index is 0.266. The van der Waals surface area contributed by atoms with Gasteiger partial charge in [0.25, 0.3) is 0 Å². The molecule has 0 aliphatic rings. The second-order valence-electron chi connectivity index (χ2n) is 4.63. The first-order valence-electron chi connectivity index (χ1n) is 6.90. The monoisotopic (exact) mass is 344 g/mol. The Bertz CT molecular complexity index is 818. The molecule has 1 aromatic heterocycles. The van der Waals surface area contributed by atoms with Gasteiger partial charge >= 0.3 is 0 Å². The van der Waals surface area contributed by atoms with Crippen molar-refractivity contribution in [3.8, 4) is 6.07 Å². The zero-order chi connectivity index (χ0) is 17.4. The summed E-state index contributed by atoms with van der Waals surface area (Å²) in [4.78, 5) is 7.79. The maximum absolute atomic E-state index is 13.7. The van der Waals surface area contributed by atoms with E-state index < -0.39 is 11.6 Å². The summed E-state index contributed by atoms with van der Waals surface area (Å²) in [6, 6.07) is 7.92. The van der Waals surface area contributed by atoms with Gasteiger partial charge in [-0.2, -0.15) is 5.26 Å². The number of aromatic nitrogens is 1. The number of benzene rings is 1. The van der Waals surface area contributed by atoms with E-state index in [1.54, 1.807) is 6.20 Å². The average molecular weight is 344 g/mol. The van der Waals surface area contributed by atoms with Gasteiger partial charge in [0.1, 0.15) is 11.6 Å². The lowest BCUT2D eigenvalue weighted by atomic mass is 10.2. The molecule has 0 amide bonds. The molecule has 0 unspecified atom stereocenters. The summed E-state index contributed by atoms with van der Waals surface area (Å²) in [6.45, 7) is 3.69. The van der Waals surface area contributed by atoms with Crippen molar-refractivity contribution in [3.05, 3.63) is 72.1 Å². The van der Waals surface area contributed by atoms with Crippen LogP contribution in [-0.4, -0.2) is 11.2 Å². The van der Waals surface area contributed by atoms with Gasteiger partial charge in [0.2, 0.25) is 0 Å². The van der Waals surface area contributed by atoms with Gasteiger partial charge in [-0.05, 0) is 42.3 Å². The zero-order valence-electron chi connectivity index (χ0n) is 12.6. The molecule has 1 aromatic carbocycles. The Morgan fingerprint density at radius 3 is 3.00 bits per heavy atom. The van der Waals surface area contributed by atoms with Gasteiger partial charge in [-0.15, -0.1) is 0 Å². The molecule has 0 saturated heterocycles. The van der Waals surface area contributed by atoms with E-state index in [4.69, 9.17) is 5.26 Å². The highest BCUT2D eigenvalue weighted by Gasteiger charge is 2.05. The minimum atomic E-state index is -0.494. The molecule has 24 heavy (non-hydrogen) atoms. The number of nitrogens with one attached hydrogen (secondary N) is 2. The first-order chi connectivity index (χ1) is 11.6. The molecule has 2 N–H and O–H groups in total. The van der Waals surface area contributed by atoms with Crippen LogP contribution in [0.2, 0.25) is 0 Å². The lowest BCUT2D eigenvalue weighted by molar-refractivity contribution is 0.632. The van der Waals surface area contributed by atoms with Crippen molar-refractivity contribution in [1.82, 2.24) is 4.98 Å². The van der Waals surface area contributed by atoms with Crippen LogP contribution in [0.3, 0.4) is 0 Å². The highest BCUT2D eigenvalue weighted by atomic mass is 32.2. The molecule has 0 saturated carbocycles. The Balaban J connectivity index is 1.91. The fourth-order valence-electron chi connectivity index (χ4n) is 1.74. The molecule has 0 aliphatic carbocycles. The smallest absolute Gasteiger partial charge is 0.148 e. The van der Waals surface area contributed by atoms with Crippen LogP contribution in [0.15, 0.2) is 64.9 Å². The van der Waals surface area contributed by atoms with Crippen molar-refractivity contribution >= 4 is 23.8 Å². The van der Waals surface area contributed by atoms with Gasteiger partial charge in [0.15, 0.2) is 0 Å². The third-order valence-electron chi connectivity index (χ3n) is 2.85. The molecule has 0 atom stereocenters. The summed E-state index contributed by atoms with van der Waals surface area (Å²) >= 11 is 1.22. The second kappa shape index (κ2) is 8.70. The van der Waals surface area contributed by atoms with Crippen molar-refractivity contribution in [2.24, 2.45) is 4.99 Å². The Morgan fingerprint density at radius 1 is 1.46 bits per heavy atom. The maximum Gasteiger partial charge on any atom is 0.148 e. The van der Waals surface area contributed by atoms with E-state index in [9.17, 15) is 8.78 Å². The molecule has 4 nitrogen and oxygen atoms in total. The van der Waals surface area contributed by atoms with E-state index in [2.05, 4.69) is 21.3 Å². The number of rotatable bonds is 7. The molecule has 0 aliphatic heterocycles. The fourth-order valence-corrected chi connectivity index (χ4v) is 2.45. The molecule has 0 spiro atoms. The summed E-state index contributed by atoms with van der Waals surface area (Å²) in [5.74, 6) is -0.962. The van der Waals surface area contributed by atoms with E-state index >= 15 is 0 Å². The standard InChI is InChI=1S/C17H14F2N4S/c1-2-3-13(18)9-21-10-14-7-15(11-22-14)24-23-17-5-4-12(8-20)6-16(17)19/h2-7,9,11,22-23H,1,10H2/b13-3+,21-9?. The van der Waals surface area contributed by atoms with Crippen molar-refractivity contribution in [3.63, 3.8) is 0 Å². The molecule has 0 radical (unpaired) electrons. The van der Waals surface area contributed by atoms with E-state index in [1.165, 1.54) is 42.3 Å². The third kappa shape index (κ3) is 5.11. The number of nitrogens with zero attached hydrogens (tertiary/aromatic N) is 2. The molecule has 7 heteroatoms. The van der Waals surface area contributed by atoms with Crippen LogP contribution in [-0.2, 0) is 6.54 Å². The largest absolute Gasteiger partial charge is 0.362 e. The Hall–Kier alpha value is -2.85. The number of halogens is 2. The van der Waals surface area contributed by atoms with Crippen LogP contribution in [0.25, 0.3) is 0 Å². The zero-order valence-corrected chi connectivity index (χ0v) is 13.4. The van der Waals surface area contributed by atoms with Crippen molar-refractivity contribution in [2.75, 3.05) is 4.72 Å². The summed E-state index contributed by atoms with van der Waals surface area (Å²) in [5, 5.41) is 8.71. The first kappa shape index (κ1) is 17.5. The van der Waals surface area contributed by atoms with Gasteiger partial charge < -0.3 is 9.71 Å². The summed E-state index contributed by atoms with van der Waals surface area (Å²) < 4.78 is 29.7. The average Bonchev–Trinajstić information content (AvgIpc) is 3.01. The maximum atomic E-state index is 13.7. The van der Waals surface area contributed by atoms with E-state index in [0.717, 1.165) is 16.8 Å². The predicted octanol–water partition coefficient (Wildman–Crippen LogP) is 4.75. The number of hydrogen-bond acceptors (Lipinski definition) is 4. The van der Waals surface area contributed by atoms with E-state index in [1.807, 2.05) is 12.1 Å². The Kier molecular flexibility index (Phi) is 6.34. The van der Waals surface area contributed by atoms with E-state index in [0.29, 0.717) is 6.54 Å². The van der Waals surface area contributed by atoms with Crippen LogP contribution < -0.4 is 4.72 Å². The topological polar surface area (TPSA) is 64.0 Å². The van der Waals surface area contributed by atoms with Gasteiger partial charge in [-0.25, -0.2) is 8.78 Å². The lowest BCUT2D eigenvalue weighted by Crippen LogP contribution is -1.91. The number of nitriles is 1. The molecular formula is C17H14F2N4S. The minimum Gasteiger partial charge on any atom is -0.362 e. The van der Waals surface area contributed by atoms with Crippen LogP contribution in [0.1, 0.15) is 11.3 Å². The molecule has 0 fully saturated rings. The normalized spacial score (nSPS) is 11.5. The molecule has 2 aromatic rings. The van der Waals surface area contributed by atoms with Crippen molar-refractivity contribution in [1.29, 1.82) is 5.26 Å². The molecule has 122 valence electrons. The number of allylic oxidation sites excluding steroid dienone is 3. The van der Waals surface area contributed by atoms with Crippen molar-refractivity contribution < 1.29 is 8.78 Å². The van der Waals surface area contributed by atoms with Gasteiger partial charge in [0.05, 0.1) is 30.1 Å². The lowest BCUT2D eigenvalue weighted by Gasteiger charge is -2.05. The van der Waals surface area contributed by atoms with Crippen molar-refractivity contribution in [2.45, 2.75) is 11.4 Å². The highest BCUT2D eigenvalue weighted by Crippen LogP contribution is 2.24. The first-order valence-corrected chi connectivity index (χ1v) is 7.72. The number of hydrogen-bond donors (Lipinski definition) is 2. The van der Waals surface area contributed by atoms with Crippen LogP contribution in [0.4, 0.5) is 14.5 Å². The number of aromatic amines is 1. The highest BCUT2D eigenvalue weighted by molar-refractivity contribution is 8.00. The second-order valence-corrected chi connectivity index (χ2v) is 5.51. The summed E-state index contributed by atoms with van der Waals surface area (Å²) in [5.41, 5.74) is 1.35. The molecule has 2 rings (SSSR count).